The number of benzene rings is 8. The van der Waals surface area contributed by atoms with Gasteiger partial charge in [0.15, 0.2) is 0 Å². The molecule has 0 unspecified atom stereocenters. The van der Waals surface area contributed by atoms with Crippen molar-refractivity contribution in [1.29, 1.82) is 0 Å². The Morgan fingerprint density at radius 3 is 1.69 bits per heavy atom. The normalized spacial score (nSPS) is 11.7. The number of fused-ring (bicyclic) bond motifs is 8. The zero-order valence-electron chi connectivity index (χ0n) is 26.5. The lowest BCUT2D eigenvalue weighted by atomic mass is 9.94. The van der Waals surface area contributed by atoms with Gasteiger partial charge in [-0.05, 0) is 82.2 Å². The summed E-state index contributed by atoms with van der Waals surface area (Å²) in [5.74, 6) is 0. The second kappa shape index (κ2) is 11.0. The SMILES string of the molecule is c1ccc(-c2ccc(N(c3ccc(-c4cccc5ccc6oc7ccccc7c6c45)cc3)c3ccc4c(c3)oc3ccccc34)cc2)cc1. The first-order chi connectivity index (χ1) is 24.3. The molecule has 0 aliphatic carbocycles. The van der Waals surface area contributed by atoms with E-state index in [2.05, 4.69) is 157 Å². The summed E-state index contributed by atoms with van der Waals surface area (Å²) in [6.07, 6.45) is 0. The van der Waals surface area contributed by atoms with Gasteiger partial charge in [0.05, 0.1) is 0 Å². The van der Waals surface area contributed by atoms with Gasteiger partial charge in [-0.15, -0.1) is 0 Å². The van der Waals surface area contributed by atoms with E-state index in [-0.39, 0.29) is 0 Å². The van der Waals surface area contributed by atoms with Gasteiger partial charge >= 0.3 is 0 Å². The number of furan rings is 2. The molecule has 10 aromatic rings. The highest BCUT2D eigenvalue weighted by Gasteiger charge is 2.18. The molecule has 0 atom stereocenters. The molecule has 0 fully saturated rings. The first-order valence-electron chi connectivity index (χ1n) is 16.6. The summed E-state index contributed by atoms with van der Waals surface area (Å²) in [5.41, 5.74) is 11.5. The van der Waals surface area contributed by atoms with Crippen LogP contribution in [0.15, 0.2) is 185 Å². The minimum atomic E-state index is 0.869. The van der Waals surface area contributed by atoms with E-state index in [1.165, 1.54) is 27.5 Å². The van der Waals surface area contributed by atoms with Crippen molar-refractivity contribution in [1.82, 2.24) is 0 Å². The summed E-state index contributed by atoms with van der Waals surface area (Å²) < 4.78 is 12.6. The number of nitrogens with zero attached hydrogens (tertiary/aromatic N) is 1. The third kappa shape index (κ3) is 4.51. The van der Waals surface area contributed by atoms with Crippen LogP contribution in [0.1, 0.15) is 0 Å². The van der Waals surface area contributed by atoms with Gasteiger partial charge in [0, 0.05) is 50.1 Å². The molecule has 3 heteroatoms. The predicted molar refractivity (Wildman–Crippen MR) is 204 cm³/mol. The quantitative estimate of drug-likeness (QED) is 0.190. The minimum absolute atomic E-state index is 0.869. The van der Waals surface area contributed by atoms with Crippen molar-refractivity contribution >= 4 is 71.7 Å². The average Bonchev–Trinajstić information content (AvgIpc) is 3.74. The van der Waals surface area contributed by atoms with Crippen LogP contribution < -0.4 is 4.90 Å². The van der Waals surface area contributed by atoms with Gasteiger partial charge < -0.3 is 13.7 Å². The van der Waals surface area contributed by atoms with Gasteiger partial charge in [0.25, 0.3) is 0 Å². The van der Waals surface area contributed by atoms with E-state index in [9.17, 15) is 0 Å². The third-order valence-electron chi connectivity index (χ3n) is 9.67. The van der Waals surface area contributed by atoms with Gasteiger partial charge in [-0.25, -0.2) is 0 Å². The van der Waals surface area contributed by atoms with Crippen molar-refractivity contribution in [3.63, 3.8) is 0 Å². The fourth-order valence-corrected chi connectivity index (χ4v) is 7.36. The number of para-hydroxylation sites is 2. The molecule has 0 amide bonds. The van der Waals surface area contributed by atoms with Crippen molar-refractivity contribution in [2.45, 2.75) is 0 Å². The lowest BCUT2D eigenvalue weighted by Crippen LogP contribution is -2.09. The van der Waals surface area contributed by atoms with Crippen molar-refractivity contribution in [3.05, 3.63) is 176 Å². The second-order valence-electron chi connectivity index (χ2n) is 12.5. The van der Waals surface area contributed by atoms with E-state index in [4.69, 9.17) is 8.83 Å². The third-order valence-corrected chi connectivity index (χ3v) is 9.67. The molecule has 2 heterocycles. The van der Waals surface area contributed by atoms with Gasteiger partial charge in [-0.2, -0.15) is 0 Å². The van der Waals surface area contributed by atoms with Gasteiger partial charge in [0.2, 0.25) is 0 Å². The molecule has 0 saturated heterocycles. The molecule has 0 N–H and O–H groups in total. The van der Waals surface area contributed by atoms with Crippen molar-refractivity contribution in [3.8, 4) is 22.3 Å². The Bertz CT molecular complexity index is 2810. The molecule has 0 radical (unpaired) electrons. The molecule has 230 valence electrons. The number of hydrogen-bond acceptors (Lipinski definition) is 3. The molecule has 0 aliphatic rings. The number of rotatable bonds is 5. The van der Waals surface area contributed by atoms with E-state index in [0.29, 0.717) is 0 Å². The fourth-order valence-electron chi connectivity index (χ4n) is 7.36. The lowest BCUT2D eigenvalue weighted by Gasteiger charge is -2.26. The van der Waals surface area contributed by atoms with E-state index >= 15 is 0 Å². The Hall–Kier alpha value is -6.58. The number of hydrogen-bond donors (Lipinski definition) is 0. The first kappa shape index (κ1) is 27.5. The average molecular weight is 628 g/mol. The minimum Gasteiger partial charge on any atom is -0.456 e. The monoisotopic (exact) mass is 627 g/mol. The maximum absolute atomic E-state index is 6.33. The molecule has 49 heavy (non-hydrogen) atoms. The maximum Gasteiger partial charge on any atom is 0.137 e. The summed E-state index contributed by atoms with van der Waals surface area (Å²) in [6, 6.07) is 62.0. The summed E-state index contributed by atoms with van der Waals surface area (Å²) in [4.78, 5) is 2.30. The molecule has 0 saturated carbocycles. The van der Waals surface area contributed by atoms with E-state index in [0.717, 1.165) is 66.5 Å². The van der Waals surface area contributed by atoms with Crippen LogP contribution in [0.2, 0.25) is 0 Å². The Labute approximate surface area is 282 Å². The van der Waals surface area contributed by atoms with Crippen LogP contribution in [0.25, 0.3) is 76.9 Å². The maximum atomic E-state index is 6.33. The van der Waals surface area contributed by atoms with Crippen LogP contribution in [0.4, 0.5) is 17.1 Å². The van der Waals surface area contributed by atoms with E-state index < -0.39 is 0 Å². The lowest BCUT2D eigenvalue weighted by molar-refractivity contribution is 0.668. The van der Waals surface area contributed by atoms with E-state index in [1.807, 2.05) is 24.3 Å². The molecule has 3 nitrogen and oxygen atoms in total. The van der Waals surface area contributed by atoms with Crippen molar-refractivity contribution < 1.29 is 8.83 Å². The molecule has 0 aliphatic heterocycles. The first-order valence-corrected chi connectivity index (χ1v) is 16.6. The van der Waals surface area contributed by atoms with Crippen molar-refractivity contribution in [2.24, 2.45) is 0 Å². The molecular weight excluding hydrogens is 599 g/mol. The molecule has 10 rings (SSSR count). The molecule has 0 spiro atoms. The number of anilines is 3. The molecular formula is C46H29NO2. The smallest absolute Gasteiger partial charge is 0.137 e. The highest BCUT2D eigenvalue weighted by molar-refractivity contribution is 6.22. The van der Waals surface area contributed by atoms with Crippen LogP contribution >= 0.6 is 0 Å². The largest absolute Gasteiger partial charge is 0.456 e. The summed E-state index contributed by atoms with van der Waals surface area (Å²) >= 11 is 0. The molecule has 2 aromatic heterocycles. The standard InChI is InChI=1S/C46H29NO2/c1-2-9-30(10-3-1)31-17-22-34(23-18-31)47(36-26-27-39-38-12-4-6-15-41(38)49-44(39)29-36)35-24-19-32(20-25-35)37-14-8-11-33-21-28-43-46(45(33)37)40-13-5-7-16-42(40)48-43/h1-29H. The van der Waals surface area contributed by atoms with Gasteiger partial charge in [-0.3, -0.25) is 0 Å². The van der Waals surface area contributed by atoms with Gasteiger partial charge in [0.1, 0.15) is 22.3 Å². The topological polar surface area (TPSA) is 29.5 Å². The summed E-state index contributed by atoms with van der Waals surface area (Å²) in [7, 11) is 0. The van der Waals surface area contributed by atoms with Crippen molar-refractivity contribution in [2.75, 3.05) is 4.90 Å². The Morgan fingerprint density at radius 1 is 0.327 bits per heavy atom. The Kier molecular flexibility index (Phi) is 6.18. The highest BCUT2D eigenvalue weighted by atomic mass is 16.3. The Morgan fingerprint density at radius 2 is 0.918 bits per heavy atom. The van der Waals surface area contributed by atoms with Crippen LogP contribution in [0.3, 0.4) is 0 Å². The summed E-state index contributed by atoms with van der Waals surface area (Å²) in [6.45, 7) is 0. The zero-order chi connectivity index (χ0) is 32.3. The molecule has 8 aromatic carbocycles. The van der Waals surface area contributed by atoms with E-state index in [1.54, 1.807) is 0 Å². The van der Waals surface area contributed by atoms with Gasteiger partial charge in [-0.1, -0.05) is 115 Å². The van der Waals surface area contributed by atoms with Crippen LogP contribution in [0.5, 0.6) is 0 Å². The Balaban J connectivity index is 1.12. The summed E-state index contributed by atoms with van der Waals surface area (Å²) in [5, 5.41) is 6.94. The highest BCUT2D eigenvalue weighted by Crippen LogP contribution is 2.42. The van der Waals surface area contributed by atoms with Crippen LogP contribution in [-0.2, 0) is 0 Å². The fraction of sp³-hybridized carbons (Fsp3) is 0. The predicted octanol–water partition coefficient (Wildman–Crippen LogP) is 13.4. The molecule has 0 bridgehead atoms. The zero-order valence-corrected chi connectivity index (χ0v) is 26.5. The van der Waals surface area contributed by atoms with Crippen LogP contribution in [-0.4, -0.2) is 0 Å². The second-order valence-corrected chi connectivity index (χ2v) is 12.5. The van der Waals surface area contributed by atoms with Crippen LogP contribution in [0, 0.1) is 0 Å².